The number of carbonyl (C=O) groups excluding carboxylic acids is 1. The third-order valence-corrected chi connectivity index (χ3v) is 2.95. The first-order valence-corrected chi connectivity index (χ1v) is 5.78. The minimum atomic E-state index is 0.0605. The van der Waals surface area contributed by atoms with Crippen LogP contribution in [0.5, 0.6) is 0 Å². The number of amides is 1. The van der Waals surface area contributed by atoms with Crippen molar-refractivity contribution < 1.29 is 4.79 Å². The molecule has 0 aliphatic carbocycles. The van der Waals surface area contributed by atoms with Crippen molar-refractivity contribution in [1.29, 1.82) is 0 Å². The number of hydrogen-bond donors (Lipinski definition) is 2. The molecule has 0 spiro atoms. The number of rotatable bonds is 5. The molecule has 1 heterocycles. The fourth-order valence-electron chi connectivity index (χ4n) is 1.20. The van der Waals surface area contributed by atoms with Crippen LogP contribution in [0.1, 0.15) is 23.2 Å². The lowest BCUT2D eigenvalue weighted by molar-refractivity contribution is -0.121. The van der Waals surface area contributed by atoms with E-state index in [1.54, 1.807) is 18.4 Å². The first-order valence-electron chi connectivity index (χ1n) is 4.97. The largest absolute Gasteiger partial charge is 0.359 e. The summed E-state index contributed by atoms with van der Waals surface area (Å²) in [6, 6.07) is 0.175. The summed E-state index contributed by atoms with van der Waals surface area (Å²) in [5.41, 5.74) is 0. The van der Waals surface area contributed by atoms with Gasteiger partial charge in [0.2, 0.25) is 5.91 Å². The van der Waals surface area contributed by atoms with Crippen molar-refractivity contribution in [2.75, 3.05) is 7.05 Å². The minimum Gasteiger partial charge on any atom is -0.359 e. The molecule has 1 unspecified atom stereocenters. The van der Waals surface area contributed by atoms with Crippen LogP contribution >= 0.6 is 11.3 Å². The molecule has 84 valence electrons. The summed E-state index contributed by atoms with van der Waals surface area (Å²) in [6.07, 6.45) is 2.37. The van der Waals surface area contributed by atoms with Gasteiger partial charge in [-0.25, -0.2) is 4.98 Å². The van der Waals surface area contributed by atoms with E-state index in [2.05, 4.69) is 15.6 Å². The maximum Gasteiger partial charge on any atom is 0.221 e. The lowest BCUT2D eigenvalue weighted by atomic mass is 10.2. The molecule has 1 aromatic rings. The molecule has 15 heavy (non-hydrogen) atoms. The molecular formula is C10H17N3OS. The maximum absolute atomic E-state index is 11.1. The van der Waals surface area contributed by atoms with Gasteiger partial charge >= 0.3 is 0 Å². The molecule has 1 aromatic heterocycles. The highest BCUT2D eigenvalue weighted by Crippen LogP contribution is 2.10. The molecule has 0 aromatic carbocycles. The molecule has 0 aliphatic rings. The Kier molecular flexibility index (Phi) is 4.71. The smallest absolute Gasteiger partial charge is 0.221 e. The Bertz CT molecular complexity index is 324. The lowest BCUT2D eigenvalue weighted by Crippen LogP contribution is -2.31. The Morgan fingerprint density at radius 1 is 1.67 bits per heavy atom. The van der Waals surface area contributed by atoms with Crippen LogP contribution in [0.2, 0.25) is 0 Å². The first-order chi connectivity index (χ1) is 7.11. The average Bonchev–Trinajstić information content (AvgIpc) is 2.61. The zero-order valence-corrected chi connectivity index (χ0v) is 10.1. The second kappa shape index (κ2) is 5.82. The number of nitrogens with one attached hydrogen (secondary N) is 2. The van der Waals surface area contributed by atoms with Crippen LogP contribution in [0.25, 0.3) is 0 Å². The van der Waals surface area contributed by atoms with Gasteiger partial charge in [-0.3, -0.25) is 4.79 Å². The van der Waals surface area contributed by atoms with Crippen LogP contribution in [-0.2, 0) is 11.3 Å². The predicted octanol–water partition coefficient (Wildman–Crippen LogP) is 1.07. The van der Waals surface area contributed by atoms with Crippen LogP contribution < -0.4 is 10.6 Å². The van der Waals surface area contributed by atoms with E-state index < -0.39 is 0 Å². The molecule has 2 N–H and O–H groups in total. The SMILES string of the molecule is CNC(=O)CC(C)NCc1ncc(C)s1. The summed E-state index contributed by atoms with van der Waals surface area (Å²) >= 11 is 1.68. The van der Waals surface area contributed by atoms with E-state index in [1.165, 1.54) is 4.88 Å². The predicted molar refractivity (Wildman–Crippen MR) is 61.8 cm³/mol. The van der Waals surface area contributed by atoms with Crippen molar-refractivity contribution in [3.63, 3.8) is 0 Å². The van der Waals surface area contributed by atoms with Crippen molar-refractivity contribution in [3.05, 3.63) is 16.1 Å². The summed E-state index contributed by atoms with van der Waals surface area (Å²) in [5.74, 6) is 0.0605. The monoisotopic (exact) mass is 227 g/mol. The van der Waals surface area contributed by atoms with Crippen molar-refractivity contribution in [2.45, 2.75) is 32.9 Å². The Balaban J connectivity index is 2.28. The molecule has 0 saturated carbocycles. The van der Waals surface area contributed by atoms with Crippen LogP contribution in [0.3, 0.4) is 0 Å². The van der Waals surface area contributed by atoms with Gasteiger partial charge in [-0.1, -0.05) is 0 Å². The molecule has 0 aliphatic heterocycles. The third kappa shape index (κ3) is 4.40. The topological polar surface area (TPSA) is 54.0 Å². The summed E-state index contributed by atoms with van der Waals surface area (Å²) in [4.78, 5) is 16.5. The fraction of sp³-hybridized carbons (Fsp3) is 0.600. The van der Waals surface area contributed by atoms with Gasteiger partial charge in [0.1, 0.15) is 5.01 Å². The molecule has 0 saturated heterocycles. The first kappa shape index (κ1) is 12.1. The molecule has 1 atom stereocenters. The van der Waals surface area contributed by atoms with E-state index >= 15 is 0 Å². The van der Waals surface area contributed by atoms with Crippen molar-refractivity contribution in [2.24, 2.45) is 0 Å². The summed E-state index contributed by atoms with van der Waals surface area (Å²) in [7, 11) is 1.65. The third-order valence-electron chi connectivity index (χ3n) is 2.04. The van der Waals surface area contributed by atoms with Crippen LogP contribution in [0, 0.1) is 6.92 Å². The van der Waals surface area contributed by atoms with E-state index in [0.717, 1.165) is 11.6 Å². The van der Waals surface area contributed by atoms with E-state index in [-0.39, 0.29) is 11.9 Å². The van der Waals surface area contributed by atoms with Gasteiger partial charge in [-0.15, -0.1) is 11.3 Å². The number of aryl methyl sites for hydroxylation is 1. The second-order valence-electron chi connectivity index (χ2n) is 3.52. The van der Waals surface area contributed by atoms with Crippen LogP contribution in [-0.4, -0.2) is 24.0 Å². The van der Waals surface area contributed by atoms with Gasteiger partial charge in [0.15, 0.2) is 0 Å². The quantitative estimate of drug-likeness (QED) is 0.791. The van der Waals surface area contributed by atoms with Crippen molar-refractivity contribution in [3.8, 4) is 0 Å². The van der Waals surface area contributed by atoms with Gasteiger partial charge < -0.3 is 10.6 Å². The lowest BCUT2D eigenvalue weighted by Gasteiger charge is -2.11. The van der Waals surface area contributed by atoms with Gasteiger partial charge in [0, 0.05) is 37.1 Å². The van der Waals surface area contributed by atoms with E-state index in [0.29, 0.717) is 6.42 Å². The Morgan fingerprint density at radius 3 is 2.93 bits per heavy atom. The zero-order chi connectivity index (χ0) is 11.3. The summed E-state index contributed by atoms with van der Waals surface area (Å²) in [5, 5.41) is 6.94. The highest BCUT2D eigenvalue weighted by Gasteiger charge is 2.07. The van der Waals surface area contributed by atoms with Crippen molar-refractivity contribution >= 4 is 17.2 Å². The molecule has 4 nitrogen and oxygen atoms in total. The highest BCUT2D eigenvalue weighted by atomic mass is 32.1. The molecule has 1 rings (SSSR count). The average molecular weight is 227 g/mol. The fourth-order valence-corrected chi connectivity index (χ4v) is 1.94. The van der Waals surface area contributed by atoms with Gasteiger partial charge in [0.25, 0.3) is 0 Å². The van der Waals surface area contributed by atoms with E-state index in [4.69, 9.17) is 0 Å². The Morgan fingerprint density at radius 2 is 2.40 bits per heavy atom. The second-order valence-corrected chi connectivity index (χ2v) is 4.84. The standard InChI is InChI=1S/C10H17N3OS/c1-7(4-9(14)11-3)12-6-10-13-5-8(2)15-10/h5,7,12H,4,6H2,1-3H3,(H,11,14). The van der Waals surface area contributed by atoms with Gasteiger partial charge in [0.05, 0.1) is 0 Å². The number of hydrogen-bond acceptors (Lipinski definition) is 4. The highest BCUT2D eigenvalue weighted by molar-refractivity contribution is 7.11. The van der Waals surface area contributed by atoms with Crippen LogP contribution in [0.4, 0.5) is 0 Å². The number of thiazole rings is 1. The molecule has 0 radical (unpaired) electrons. The summed E-state index contributed by atoms with van der Waals surface area (Å²) in [6.45, 7) is 4.77. The number of aromatic nitrogens is 1. The van der Waals surface area contributed by atoms with Gasteiger partial charge in [-0.05, 0) is 13.8 Å². The normalized spacial score (nSPS) is 12.5. The molecule has 0 bridgehead atoms. The molecular weight excluding hydrogens is 210 g/mol. The van der Waals surface area contributed by atoms with Crippen LogP contribution in [0.15, 0.2) is 6.20 Å². The number of nitrogens with zero attached hydrogens (tertiary/aromatic N) is 1. The molecule has 5 heteroatoms. The van der Waals surface area contributed by atoms with E-state index in [1.807, 2.05) is 20.0 Å². The summed E-state index contributed by atoms with van der Waals surface area (Å²) < 4.78 is 0. The minimum absolute atomic E-state index is 0.0605. The maximum atomic E-state index is 11.1. The zero-order valence-electron chi connectivity index (χ0n) is 9.33. The molecule has 0 fully saturated rings. The Labute approximate surface area is 94.1 Å². The Hall–Kier alpha value is -0.940. The van der Waals surface area contributed by atoms with Gasteiger partial charge in [-0.2, -0.15) is 0 Å². The van der Waals surface area contributed by atoms with E-state index in [9.17, 15) is 4.79 Å². The van der Waals surface area contributed by atoms with Crippen molar-refractivity contribution in [1.82, 2.24) is 15.6 Å². The number of carbonyl (C=O) groups is 1. The molecule has 1 amide bonds.